The number of ether oxygens (including phenoxy) is 1. The van der Waals surface area contributed by atoms with Gasteiger partial charge in [-0.25, -0.2) is 4.79 Å². The average molecular weight is 372 g/mol. The lowest BCUT2D eigenvalue weighted by atomic mass is 10.0. The fourth-order valence-electron chi connectivity index (χ4n) is 3.01. The van der Waals surface area contributed by atoms with Crippen LogP contribution >= 0.6 is 0 Å². The summed E-state index contributed by atoms with van der Waals surface area (Å²) in [6.45, 7) is 6.54. The van der Waals surface area contributed by atoms with Crippen molar-refractivity contribution in [3.8, 4) is 0 Å². The third-order valence-electron chi connectivity index (χ3n) is 4.50. The first-order chi connectivity index (χ1) is 12.9. The number of rotatable bonds is 8. The van der Waals surface area contributed by atoms with Crippen molar-refractivity contribution in [1.82, 2.24) is 20.4 Å². The number of carbonyl (C=O) groups excluding carboxylic acids is 2. The summed E-state index contributed by atoms with van der Waals surface area (Å²) < 4.78 is 6.87. The molecule has 2 aromatic rings. The van der Waals surface area contributed by atoms with Crippen molar-refractivity contribution < 1.29 is 14.3 Å². The number of benzene rings is 1. The molecule has 146 valence electrons. The number of aromatic nitrogens is 2. The molecular formula is C20H28N4O3. The maximum absolute atomic E-state index is 12.3. The number of hydrogen-bond donors (Lipinski definition) is 2. The van der Waals surface area contributed by atoms with Crippen LogP contribution in [0, 0.1) is 13.8 Å². The second kappa shape index (κ2) is 9.75. The van der Waals surface area contributed by atoms with Crippen LogP contribution in [0.4, 0.5) is 4.79 Å². The second-order valence-corrected chi connectivity index (χ2v) is 6.40. The van der Waals surface area contributed by atoms with Crippen molar-refractivity contribution in [3.63, 3.8) is 0 Å². The number of esters is 1. The van der Waals surface area contributed by atoms with E-state index in [9.17, 15) is 9.59 Å². The van der Waals surface area contributed by atoms with Gasteiger partial charge in [0.1, 0.15) is 0 Å². The first-order valence-electron chi connectivity index (χ1n) is 9.16. The molecule has 7 nitrogen and oxygen atoms in total. The van der Waals surface area contributed by atoms with E-state index in [1.54, 1.807) is 6.92 Å². The Balaban J connectivity index is 1.93. The van der Waals surface area contributed by atoms with E-state index < -0.39 is 6.04 Å². The Morgan fingerprint density at radius 3 is 2.52 bits per heavy atom. The minimum absolute atomic E-state index is 0.0894. The van der Waals surface area contributed by atoms with Crippen molar-refractivity contribution in [1.29, 1.82) is 0 Å². The first-order valence-corrected chi connectivity index (χ1v) is 9.16. The van der Waals surface area contributed by atoms with Gasteiger partial charge < -0.3 is 15.4 Å². The van der Waals surface area contributed by atoms with E-state index in [2.05, 4.69) is 15.7 Å². The van der Waals surface area contributed by atoms with Gasteiger partial charge in [0.05, 0.1) is 24.8 Å². The zero-order valence-electron chi connectivity index (χ0n) is 16.4. The Morgan fingerprint density at radius 1 is 1.22 bits per heavy atom. The van der Waals surface area contributed by atoms with Gasteiger partial charge in [0.15, 0.2) is 0 Å². The maximum Gasteiger partial charge on any atom is 0.315 e. The lowest BCUT2D eigenvalue weighted by Gasteiger charge is -2.19. The van der Waals surface area contributed by atoms with E-state index in [1.165, 1.54) is 0 Å². The molecule has 2 rings (SSSR count). The topological polar surface area (TPSA) is 85.2 Å². The van der Waals surface area contributed by atoms with Crippen LogP contribution in [0.1, 0.15) is 41.9 Å². The Labute approximate surface area is 160 Å². The van der Waals surface area contributed by atoms with Crippen LogP contribution < -0.4 is 10.6 Å². The molecule has 0 aliphatic rings. The second-order valence-electron chi connectivity index (χ2n) is 6.40. The van der Waals surface area contributed by atoms with E-state index in [0.29, 0.717) is 19.6 Å². The lowest BCUT2D eigenvalue weighted by Crippen LogP contribution is -2.39. The summed E-state index contributed by atoms with van der Waals surface area (Å²) in [5, 5.41) is 10.1. The Bertz CT molecular complexity index is 771. The molecule has 0 spiro atoms. The highest BCUT2D eigenvalue weighted by atomic mass is 16.5. The molecule has 1 aromatic heterocycles. The molecule has 0 saturated heterocycles. The normalized spacial score (nSPS) is 11.7. The summed E-state index contributed by atoms with van der Waals surface area (Å²) in [5.74, 6) is -0.340. The highest BCUT2D eigenvalue weighted by Gasteiger charge is 2.19. The van der Waals surface area contributed by atoms with E-state index in [4.69, 9.17) is 4.74 Å². The van der Waals surface area contributed by atoms with Crippen molar-refractivity contribution in [2.24, 2.45) is 7.05 Å². The molecular weight excluding hydrogens is 344 g/mol. The first kappa shape index (κ1) is 20.5. The highest BCUT2D eigenvalue weighted by molar-refractivity contribution is 5.76. The molecule has 0 bridgehead atoms. The number of nitrogens with zero attached hydrogens (tertiary/aromatic N) is 2. The molecule has 2 N–H and O–H groups in total. The number of urea groups is 1. The van der Waals surface area contributed by atoms with Gasteiger partial charge in [-0.05, 0) is 38.3 Å². The summed E-state index contributed by atoms with van der Waals surface area (Å²) >= 11 is 0. The van der Waals surface area contributed by atoms with Crippen molar-refractivity contribution in [2.75, 3.05) is 13.2 Å². The zero-order valence-corrected chi connectivity index (χ0v) is 16.4. The summed E-state index contributed by atoms with van der Waals surface area (Å²) in [6, 6.07) is 8.66. The molecule has 0 fully saturated rings. The summed E-state index contributed by atoms with van der Waals surface area (Å²) in [7, 11) is 1.91. The molecule has 1 unspecified atom stereocenters. The number of nitrogens with one attached hydrogen (secondary N) is 2. The highest BCUT2D eigenvalue weighted by Crippen LogP contribution is 2.17. The Hall–Kier alpha value is -2.83. The fraction of sp³-hybridized carbons (Fsp3) is 0.450. The van der Waals surface area contributed by atoms with Crippen LogP contribution in [-0.4, -0.2) is 34.9 Å². The molecule has 0 aliphatic heterocycles. The maximum atomic E-state index is 12.3. The van der Waals surface area contributed by atoms with Crippen LogP contribution in [0.2, 0.25) is 0 Å². The molecule has 7 heteroatoms. The molecule has 2 amide bonds. The Morgan fingerprint density at radius 2 is 1.93 bits per heavy atom. The average Bonchev–Trinajstić information content (AvgIpc) is 2.88. The smallest absolute Gasteiger partial charge is 0.315 e. The minimum atomic E-state index is -0.438. The van der Waals surface area contributed by atoms with Crippen LogP contribution in [0.3, 0.4) is 0 Å². The monoisotopic (exact) mass is 372 g/mol. The lowest BCUT2D eigenvalue weighted by molar-refractivity contribution is -0.143. The van der Waals surface area contributed by atoms with Crippen LogP contribution in [0.15, 0.2) is 30.3 Å². The van der Waals surface area contributed by atoms with Gasteiger partial charge in [0.25, 0.3) is 0 Å². The van der Waals surface area contributed by atoms with Crippen LogP contribution in [0.25, 0.3) is 0 Å². The largest absolute Gasteiger partial charge is 0.466 e. The third-order valence-corrected chi connectivity index (χ3v) is 4.50. The van der Waals surface area contributed by atoms with E-state index in [0.717, 1.165) is 22.5 Å². The number of amides is 2. The van der Waals surface area contributed by atoms with E-state index in [-0.39, 0.29) is 18.4 Å². The quantitative estimate of drug-likeness (QED) is 0.698. The number of aryl methyl sites for hydroxylation is 2. The number of carbonyl (C=O) groups is 2. The summed E-state index contributed by atoms with van der Waals surface area (Å²) in [4.78, 5) is 24.2. The van der Waals surface area contributed by atoms with Gasteiger partial charge >= 0.3 is 12.0 Å². The molecule has 0 radical (unpaired) electrons. The molecule has 1 atom stereocenters. The standard InChI is InChI=1S/C20H28N4O3/c1-5-27-19(25)13-18(16-9-7-6-8-10-16)22-20(26)21-12-11-17-14(2)23-24(4)15(17)3/h6-10,18H,5,11-13H2,1-4H3,(H2,21,22,26). The van der Waals surface area contributed by atoms with Gasteiger partial charge in [-0.15, -0.1) is 0 Å². The SMILES string of the molecule is CCOC(=O)CC(NC(=O)NCCc1c(C)nn(C)c1C)c1ccccc1. The van der Waals surface area contributed by atoms with Crippen molar-refractivity contribution in [3.05, 3.63) is 52.8 Å². The molecule has 1 aromatic carbocycles. The zero-order chi connectivity index (χ0) is 19.8. The summed E-state index contributed by atoms with van der Waals surface area (Å²) in [6.07, 6.45) is 0.791. The predicted molar refractivity (Wildman–Crippen MR) is 103 cm³/mol. The van der Waals surface area contributed by atoms with Gasteiger partial charge in [-0.2, -0.15) is 5.10 Å². The molecule has 0 saturated carbocycles. The van der Waals surface area contributed by atoms with Gasteiger partial charge in [0.2, 0.25) is 0 Å². The molecule has 0 aliphatic carbocycles. The van der Waals surface area contributed by atoms with Crippen molar-refractivity contribution in [2.45, 2.75) is 39.7 Å². The number of hydrogen-bond acceptors (Lipinski definition) is 4. The predicted octanol–water partition coefficient (Wildman–Crippen LogP) is 2.57. The van der Waals surface area contributed by atoms with Crippen LogP contribution in [-0.2, 0) is 23.0 Å². The summed E-state index contributed by atoms with van der Waals surface area (Å²) in [5.41, 5.74) is 4.07. The van der Waals surface area contributed by atoms with Crippen LogP contribution in [0.5, 0.6) is 0 Å². The van der Waals surface area contributed by atoms with Gasteiger partial charge in [-0.3, -0.25) is 9.48 Å². The third kappa shape index (κ3) is 5.84. The van der Waals surface area contributed by atoms with Crippen molar-refractivity contribution >= 4 is 12.0 Å². The van der Waals surface area contributed by atoms with Gasteiger partial charge in [0, 0.05) is 19.3 Å². The fourth-order valence-corrected chi connectivity index (χ4v) is 3.01. The van der Waals surface area contributed by atoms with E-state index in [1.807, 2.05) is 55.9 Å². The van der Waals surface area contributed by atoms with Gasteiger partial charge in [-0.1, -0.05) is 30.3 Å². The molecule has 1 heterocycles. The minimum Gasteiger partial charge on any atom is -0.466 e. The Kier molecular flexibility index (Phi) is 7.40. The van der Waals surface area contributed by atoms with E-state index >= 15 is 0 Å². The molecule has 27 heavy (non-hydrogen) atoms.